The summed E-state index contributed by atoms with van der Waals surface area (Å²) in [5, 5.41) is 8.50. The molecule has 84 valence electrons. The lowest BCUT2D eigenvalue weighted by molar-refractivity contribution is -0.144. The molecular formula is C11H8ClFO3. The van der Waals surface area contributed by atoms with E-state index in [2.05, 4.69) is 5.92 Å². The zero-order valence-corrected chi connectivity index (χ0v) is 9.08. The predicted molar refractivity (Wildman–Crippen MR) is 57.1 cm³/mol. The molecule has 0 heterocycles. The van der Waals surface area contributed by atoms with Gasteiger partial charge in [0, 0.05) is 6.07 Å². The van der Waals surface area contributed by atoms with E-state index in [9.17, 15) is 9.18 Å². The van der Waals surface area contributed by atoms with E-state index in [0.717, 1.165) is 6.07 Å². The third kappa shape index (κ3) is 2.65. The largest absolute Gasteiger partial charge is 0.479 e. The van der Waals surface area contributed by atoms with Crippen LogP contribution in [0, 0.1) is 18.2 Å². The van der Waals surface area contributed by atoms with Crippen molar-refractivity contribution in [3.05, 3.63) is 28.5 Å². The van der Waals surface area contributed by atoms with Crippen LogP contribution in [0.4, 0.5) is 4.39 Å². The van der Waals surface area contributed by atoms with Crippen molar-refractivity contribution < 1.29 is 19.0 Å². The summed E-state index contributed by atoms with van der Waals surface area (Å²) in [7, 11) is 0. The molecule has 0 spiro atoms. The number of hydrogen-bond donors (Lipinski definition) is 1. The summed E-state index contributed by atoms with van der Waals surface area (Å²) in [6.45, 7) is 1.31. The highest BCUT2D eigenvalue weighted by Crippen LogP contribution is 2.26. The topological polar surface area (TPSA) is 46.5 Å². The number of rotatable bonds is 3. The number of halogens is 2. The zero-order valence-electron chi connectivity index (χ0n) is 8.33. The molecular weight excluding hydrogens is 235 g/mol. The first-order valence-electron chi connectivity index (χ1n) is 4.30. The van der Waals surface area contributed by atoms with Crippen LogP contribution in [-0.2, 0) is 4.79 Å². The Hall–Kier alpha value is -1.73. The minimum absolute atomic E-state index is 0.0145. The Bertz CT molecular complexity index is 465. The molecule has 0 amide bonds. The van der Waals surface area contributed by atoms with Crippen LogP contribution in [0.3, 0.4) is 0 Å². The first-order valence-corrected chi connectivity index (χ1v) is 4.68. The number of ether oxygens (including phenoxy) is 1. The lowest BCUT2D eigenvalue weighted by atomic mass is 10.2. The number of carbonyl (C=O) groups is 1. The summed E-state index contributed by atoms with van der Waals surface area (Å²) < 4.78 is 18.1. The van der Waals surface area contributed by atoms with Gasteiger partial charge in [-0.2, -0.15) is 0 Å². The van der Waals surface area contributed by atoms with Gasteiger partial charge >= 0.3 is 5.97 Å². The molecule has 0 aromatic heterocycles. The quantitative estimate of drug-likeness (QED) is 0.828. The van der Waals surface area contributed by atoms with Crippen LogP contribution in [0.2, 0.25) is 5.02 Å². The molecule has 0 aliphatic heterocycles. The fourth-order valence-corrected chi connectivity index (χ4v) is 1.14. The number of carboxylic acid groups (broad SMARTS) is 1. The first-order chi connectivity index (χ1) is 7.45. The van der Waals surface area contributed by atoms with E-state index in [0.29, 0.717) is 0 Å². The molecule has 0 aliphatic carbocycles. The van der Waals surface area contributed by atoms with Gasteiger partial charge in [0.15, 0.2) is 6.10 Å². The molecule has 16 heavy (non-hydrogen) atoms. The Morgan fingerprint density at radius 2 is 2.31 bits per heavy atom. The summed E-state index contributed by atoms with van der Waals surface area (Å²) in [6.07, 6.45) is 4.05. The van der Waals surface area contributed by atoms with Gasteiger partial charge in [0.1, 0.15) is 11.6 Å². The van der Waals surface area contributed by atoms with Gasteiger partial charge < -0.3 is 9.84 Å². The molecule has 0 saturated heterocycles. The lowest BCUT2D eigenvalue weighted by Gasteiger charge is -2.12. The Labute approximate surface area is 96.8 Å². The van der Waals surface area contributed by atoms with Crippen LogP contribution in [0.1, 0.15) is 12.5 Å². The molecule has 1 aromatic rings. The highest BCUT2D eigenvalue weighted by Gasteiger charge is 2.16. The lowest BCUT2D eigenvalue weighted by Crippen LogP contribution is -2.23. The van der Waals surface area contributed by atoms with Crippen LogP contribution >= 0.6 is 11.6 Å². The fourth-order valence-electron chi connectivity index (χ4n) is 0.980. The van der Waals surface area contributed by atoms with Crippen LogP contribution in [0.15, 0.2) is 12.1 Å². The molecule has 0 saturated carbocycles. The Morgan fingerprint density at radius 1 is 1.69 bits per heavy atom. The molecule has 1 atom stereocenters. The maximum absolute atomic E-state index is 13.1. The van der Waals surface area contributed by atoms with Crippen LogP contribution in [0.5, 0.6) is 5.75 Å². The smallest absolute Gasteiger partial charge is 0.344 e. The van der Waals surface area contributed by atoms with Crippen molar-refractivity contribution in [2.45, 2.75) is 13.0 Å². The summed E-state index contributed by atoms with van der Waals surface area (Å²) in [5.74, 6) is 0.342. The predicted octanol–water partition coefficient (Wildman–Crippen LogP) is 2.31. The summed E-state index contributed by atoms with van der Waals surface area (Å²) in [6, 6.07) is 2.18. The Kier molecular flexibility index (Phi) is 3.75. The molecule has 1 aromatic carbocycles. The molecule has 0 fully saturated rings. The molecule has 3 nitrogen and oxygen atoms in total. The van der Waals surface area contributed by atoms with Crippen LogP contribution in [0.25, 0.3) is 0 Å². The molecule has 0 aliphatic rings. The van der Waals surface area contributed by atoms with Crippen molar-refractivity contribution in [1.82, 2.24) is 0 Å². The molecule has 5 heteroatoms. The third-order valence-electron chi connectivity index (χ3n) is 1.83. The second kappa shape index (κ2) is 4.86. The van der Waals surface area contributed by atoms with Crippen LogP contribution < -0.4 is 4.74 Å². The highest BCUT2D eigenvalue weighted by atomic mass is 35.5. The molecule has 1 unspecified atom stereocenters. The number of carboxylic acids is 1. The minimum atomic E-state index is -1.17. The molecule has 0 bridgehead atoms. The number of benzene rings is 1. The van der Waals surface area contributed by atoms with E-state index >= 15 is 0 Å². The van der Waals surface area contributed by atoms with Gasteiger partial charge in [-0.25, -0.2) is 9.18 Å². The monoisotopic (exact) mass is 242 g/mol. The van der Waals surface area contributed by atoms with E-state index < -0.39 is 17.9 Å². The van der Waals surface area contributed by atoms with E-state index in [1.165, 1.54) is 13.0 Å². The maximum Gasteiger partial charge on any atom is 0.344 e. The van der Waals surface area contributed by atoms with Gasteiger partial charge in [-0.3, -0.25) is 0 Å². The van der Waals surface area contributed by atoms with Gasteiger partial charge in [-0.15, -0.1) is 6.42 Å². The van der Waals surface area contributed by atoms with Crippen molar-refractivity contribution in [3.63, 3.8) is 0 Å². The van der Waals surface area contributed by atoms with Gasteiger partial charge in [0.2, 0.25) is 0 Å². The second-order valence-electron chi connectivity index (χ2n) is 3.01. The van der Waals surface area contributed by atoms with Crippen molar-refractivity contribution >= 4 is 17.6 Å². The standard InChI is InChI=1S/C11H8ClFO3/c1-3-7-4-8(12)9(13)5-10(7)16-6(2)11(14)15/h1,4-6H,2H3,(H,14,15). The minimum Gasteiger partial charge on any atom is -0.479 e. The van der Waals surface area contributed by atoms with E-state index in [1.54, 1.807) is 0 Å². The molecule has 1 rings (SSSR count). The van der Waals surface area contributed by atoms with Gasteiger partial charge in [0.05, 0.1) is 10.6 Å². The van der Waals surface area contributed by atoms with Crippen molar-refractivity contribution in [1.29, 1.82) is 0 Å². The van der Waals surface area contributed by atoms with E-state index in [4.69, 9.17) is 27.9 Å². The SMILES string of the molecule is C#Cc1cc(Cl)c(F)cc1OC(C)C(=O)O. The van der Waals surface area contributed by atoms with Gasteiger partial charge in [-0.05, 0) is 13.0 Å². The summed E-state index contributed by atoms with van der Waals surface area (Å²) in [5.41, 5.74) is 0.208. The second-order valence-corrected chi connectivity index (χ2v) is 3.41. The zero-order chi connectivity index (χ0) is 12.3. The Balaban J connectivity index is 3.09. The summed E-state index contributed by atoms with van der Waals surface area (Å²) in [4.78, 5) is 10.6. The average molecular weight is 243 g/mol. The van der Waals surface area contributed by atoms with Crippen molar-refractivity contribution in [3.8, 4) is 18.1 Å². The van der Waals surface area contributed by atoms with Crippen molar-refractivity contribution in [2.24, 2.45) is 0 Å². The molecule has 1 N–H and O–H groups in total. The van der Waals surface area contributed by atoms with Crippen molar-refractivity contribution in [2.75, 3.05) is 0 Å². The number of aliphatic carboxylic acids is 1. The average Bonchev–Trinajstić information content (AvgIpc) is 2.22. The maximum atomic E-state index is 13.1. The van der Waals surface area contributed by atoms with Gasteiger partial charge in [-0.1, -0.05) is 17.5 Å². The van der Waals surface area contributed by atoms with E-state index in [-0.39, 0.29) is 16.3 Å². The number of hydrogen-bond acceptors (Lipinski definition) is 2. The van der Waals surface area contributed by atoms with Crippen LogP contribution in [-0.4, -0.2) is 17.2 Å². The molecule has 0 radical (unpaired) electrons. The normalized spacial score (nSPS) is 11.6. The first kappa shape index (κ1) is 12.3. The van der Waals surface area contributed by atoms with Gasteiger partial charge in [0.25, 0.3) is 0 Å². The highest BCUT2D eigenvalue weighted by molar-refractivity contribution is 6.30. The Morgan fingerprint density at radius 3 is 2.81 bits per heavy atom. The van der Waals surface area contributed by atoms with E-state index in [1.807, 2.05) is 0 Å². The third-order valence-corrected chi connectivity index (χ3v) is 2.12. The number of terminal acetylenes is 1. The fraction of sp³-hybridized carbons (Fsp3) is 0.182. The summed E-state index contributed by atoms with van der Waals surface area (Å²) >= 11 is 5.52.